The SMILES string of the molecule is CC1(C)c2ccccc2-c2cc(N(c3ccc4c(c3)C(C)(C)c3ccccc3-4)c3ccccc3B(O)O)ccc21. The van der Waals surface area contributed by atoms with Gasteiger partial charge in [-0.25, -0.2) is 0 Å². The van der Waals surface area contributed by atoms with E-state index in [1.54, 1.807) is 6.07 Å². The predicted octanol–water partition coefficient (Wildman–Crippen LogP) is 7.45. The zero-order valence-corrected chi connectivity index (χ0v) is 23.3. The topological polar surface area (TPSA) is 43.7 Å². The van der Waals surface area contributed by atoms with Gasteiger partial charge in [0.1, 0.15) is 0 Å². The molecule has 0 spiro atoms. The molecular formula is C36H32BNO2. The summed E-state index contributed by atoms with van der Waals surface area (Å²) in [7, 11) is -1.59. The van der Waals surface area contributed by atoms with Crippen LogP contribution in [0.5, 0.6) is 0 Å². The molecule has 5 aromatic carbocycles. The quantitative estimate of drug-likeness (QED) is 0.242. The van der Waals surface area contributed by atoms with E-state index < -0.39 is 7.12 Å². The van der Waals surface area contributed by atoms with Crippen molar-refractivity contribution in [3.05, 3.63) is 131 Å². The molecule has 0 heterocycles. The fraction of sp³-hybridized carbons (Fsp3) is 0.167. The Bertz CT molecular complexity index is 1800. The summed E-state index contributed by atoms with van der Waals surface area (Å²) >= 11 is 0. The van der Waals surface area contributed by atoms with E-state index in [0.717, 1.165) is 17.1 Å². The Hall–Kier alpha value is -4.12. The lowest BCUT2D eigenvalue weighted by molar-refractivity contribution is 0.426. The van der Waals surface area contributed by atoms with E-state index in [2.05, 4.69) is 118 Å². The summed E-state index contributed by atoms with van der Waals surface area (Å²) in [5.74, 6) is 0. The minimum atomic E-state index is -1.59. The van der Waals surface area contributed by atoms with Crippen LogP contribution < -0.4 is 10.4 Å². The average Bonchev–Trinajstić information content (AvgIpc) is 3.33. The van der Waals surface area contributed by atoms with Crippen molar-refractivity contribution in [1.82, 2.24) is 0 Å². The molecule has 2 aliphatic carbocycles. The number of hydrogen-bond acceptors (Lipinski definition) is 3. The van der Waals surface area contributed by atoms with Crippen molar-refractivity contribution in [3.63, 3.8) is 0 Å². The first-order chi connectivity index (χ1) is 19.2. The number of anilines is 3. The minimum Gasteiger partial charge on any atom is -0.423 e. The number of benzene rings is 5. The lowest BCUT2D eigenvalue weighted by Gasteiger charge is -2.30. The highest BCUT2D eigenvalue weighted by atomic mass is 16.4. The van der Waals surface area contributed by atoms with Gasteiger partial charge in [0.2, 0.25) is 0 Å². The Labute approximate surface area is 236 Å². The third-order valence-corrected chi connectivity index (χ3v) is 9.11. The Balaban J connectivity index is 1.46. The first-order valence-electron chi connectivity index (χ1n) is 13.9. The Morgan fingerprint density at radius 1 is 0.500 bits per heavy atom. The van der Waals surface area contributed by atoms with Crippen LogP contribution in [0, 0.1) is 0 Å². The van der Waals surface area contributed by atoms with Gasteiger partial charge in [-0.2, -0.15) is 0 Å². The maximum Gasteiger partial charge on any atom is 0.490 e. The first kappa shape index (κ1) is 24.9. The van der Waals surface area contributed by atoms with Crippen LogP contribution in [0.2, 0.25) is 0 Å². The Morgan fingerprint density at radius 2 is 1.00 bits per heavy atom. The van der Waals surface area contributed by atoms with Crippen LogP contribution in [0.25, 0.3) is 22.3 Å². The number of fused-ring (bicyclic) bond motifs is 6. The summed E-state index contributed by atoms with van der Waals surface area (Å²) in [6.45, 7) is 9.14. The zero-order valence-electron chi connectivity index (χ0n) is 23.3. The molecule has 0 fully saturated rings. The van der Waals surface area contributed by atoms with Crippen molar-refractivity contribution in [3.8, 4) is 22.3 Å². The van der Waals surface area contributed by atoms with E-state index in [1.807, 2.05) is 18.2 Å². The van der Waals surface area contributed by atoms with Gasteiger partial charge in [0.05, 0.1) is 0 Å². The molecular weight excluding hydrogens is 489 g/mol. The third kappa shape index (κ3) is 3.46. The summed E-state index contributed by atoms with van der Waals surface area (Å²) in [4.78, 5) is 2.17. The second-order valence-corrected chi connectivity index (χ2v) is 12.1. The van der Waals surface area contributed by atoms with Crippen LogP contribution in [0.1, 0.15) is 49.9 Å². The summed E-state index contributed by atoms with van der Waals surface area (Å²) in [5, 5.41) is 20.8. The van der Waals surface area contributed by atoms with Gasteiger partial charge < -0.3 is 14.9 Å². The predicted molar refractivity (Wildman–Crippen MR) is 166 cm³/mol. The molecule has 0 aromatic heterocycles. The van der Waals surface area contributed by atoms with E-state index in [9.17, 15) is 10.0 Å². The average molecular weight is 521 g/mol. The van der Waals surface area contributed by atoms with Crippen LogP contribution in [-0.4, -0.2) is 17.2 Å². The summed E-state index contributed by atoms with van der Waals surface area (Å²) in [5.41, 5.74) is 13.2. The normalized spacial score (nSPS) is 15.2. The maximum atomic E-state index is 10.4. The first-order valence-corrected chi connectivity index (χ1v) is 13.9. The lowest BCUT2D eigenvalue weighted by atomic mass is 9.78. The molecule has 0 saturated carbocycles. The molecule has 0 amide bonds. The second-order valence-electron chi connectivity index (χ2n) is 12.1. The molecule has 2 N–H and O–H groups in total. The van der Waals surface area contributed by atoms with E-state index >= 15 is 0 Å². The van der Waals surface area contributed by atoms with E-state index in [-0.39, 0.29) is 10.8 Å². The molecule has 0 bridgehead atoms. The Kier molecular flexibility index (Phi) is 5.41. The van der Waals surface area contributed by atoms with Gasteiger partial charge in [-0.05, 0) is 74.8 Å². The van der Waals surface area contributed by atoms with E-state index in [0.29, 0.717) is 5.46 Å². The van der Waals surface area contributed by atoms with Gasteiger partial charge in [-0.15, -0.1) is 0 Å². The van der Waals surface area contributed by atoms with Crippen LogP contribution in [0.3, 0.4) is 0 Å². The largest absolute Gasteiger partial charge is 0.490 e. The van der Waals surface area contributed by atoms with Gasteiger partial charge in [0.25, 0.3) is 0 Å². The van der Waals surface area contributed by atoms with Crippen molar-refractivity contribution in [2.24, 2.45) is 0 Å². The van der Waals surface area contributed by atoms with Gasteiger partial charge in [0.15, 0.2) is 0 Å². The van der Waals surface area contributed by atoms with Crippen molar-refractivity contribution in [1.29, 1.82) is 0 Å². The van der Waals surface area contributed by atoms with Crippen molar-refractivity contribution in [2.75, 3.05) is 4.90 Å². The number of rotatable bonds is 4. The van der Waals surface area contributed by atoms with Crippen LogP contribution in [-0.2, 0) is 10.8 Å². The second kappa shape index (κ2) is 8.69. The molecule has 0 unspecified atom stereocenters. The highest BCUT2D eigenvalue weighted by molar-refractivity contribution is 6.60. The highest BCUT2D eigenvalue weighted by Gasteiger charge is 2.37. The fourth-order valence-corrected chi connectivity index (χ4v) is 7.02. The number of hydrogen-bond donors (Lipinski definition) is 2. The molecule has 5 aromatic rings. The lowest BCUT2D eigenvalue weighted by Crippen LogP contribution is -2.34. The van der Waals surface area contributed by atoms with Crippen LogP contribution in [0.4, 0.5) is 17.1 Å². The molecule has 4 heteroatoms. The van der Waals surface area contributed by atoms with E-state index in [1.165, 1.54) is 44.5 Å². The van der Waals surface area contributed by atoms with Crippen molar-refractivity contribution < 1.29 is 10.0 Å². The van der Waals surface area contributed by atoms with Gasteiger partial charge >= 0.3 is 7.12 Å². The van der Waals surface area contributed by atoms with Gasteiger partial charge in [-0.3, -0.25) is 0 Å². The maximum absolute atomic E-state index is 10.4. The molecule has 0 aliphatic heterocycles. The van der Waals surface area contributed by atoms with Crippen molar-refractivity contribution in [2.45, 2.75) is 38.5 Å². The minimum absolute atomic E-state index is 0.0855. The zero-order chi connectivity index (χ0) is 27.8. The molecule has 3 nitrogen and oxygen atoms in total. The van der Waals surface area contributed by atoms with Crippen molar-refractivity contribution >= 4 is 29.6 Å². The third-order valence-electron chi connectivity index (χ3n) is 9.11. The summed E-state index contributed by atoms with van der Waals surface area (Å²) in [6.07, 6.45) is 0. The van der Waals surface area contributed by atoms with Gasteiger partial charge in [0, 0.05) is 33.4 Å². The molecule has 40 heavy (non-hydrogen) atoms. The molecule has 7 rings (SSSR count). The molecule has 196 valence electrons. The summed E-state index contributed by atoms with van der Waals surface area (Å²) < 4.78 is 0. The van der Waals surface area contributed by atoms with Gasteiger partial charge in [-0.1, -0.05) is 107 Å². The molecule has 0 atom stereocenters. The monoisotopic (exact) mass is 521 g/mol. The molecule has 0 saturated heterocycles. The standard InChI is InChI=1S/C36H32BNO2/c1-35(2)30-14-8-6-12-26(30)28-21-23(18-20-31(28)35)38(34-16-10-9-15-33(34)37(39)40)24-17-19-27-25-11-5-7-13-29(25)36(3,4)32(27)22-24/h5-22,39-40H,1-4H3. The molecule has 0 radical (unpaired) electrons. The Morgan fingerprint density at radius 3 is 1.70 bits per heavy atom. The van der Waals surface area contributed by atoms with Crippen LogP contribution >= 0.6 is 0 Å². The van der Waals surface area contributed by atoms with E-state index in [4.69, 9.17) is 0 Å². The van der Waals surface area contributed by atoms with Crippen LogP contribution in [0.15, 0.2) is 109 Å². The highest BCUT2D eigenvalue weighted by Crippen LogP contribution is 2.52. The fourth-order valence-electron chi connectivity index (χ4n) is 7.02. The number of para-hydroxylation sites is 1. The smallest absolute Gasteiger partial charge is 0.423 e. The summed E-state index contributed by atoms with van der Waals surface area (Å²) in [6, 6.07) is 38.2. The number of nitrogens with zero attached hydrogens (tertiary/aromatic N) is 1. The molecule has 2 aliphatic rings.